The molecule has 0 aliphatic heterocycles. The Labute approximate surface area is 170 Å². The number of ether oxygens (including phenoxy) is 1. The second-order valence-corrected chi connectivity index (χ2v) is 7.56. The number of carbonyl (C=O) groups excluding carboxylic acids is 1. The SMILES string of the molecule is COc1ccc(Cn2nnnc2SC(C)C(=O)Nc2ccc(F)cc2Cl)cc1. The van der Waals surface area contributed by atoms with Gasteiger partial charge in [0.1, 0.15) is 11.6 Å². The van der Waals surface area contributed by atoms with Gasteiger partial charge in [0.15, 0.2) is 0 Å². The lowest BCUT2D eigenvalue weighted by atomic mass is 10.2. The van der Waals surface area contributed by atoms with Crippen molar-refractivity contribution in [1.82, 2.24) is 20.2 Å². The van der Waals surface area contributed by atoms with E-state index in [-0.39, 0.29) is 10.9 Å². The predicted octanol–water partition coefficient (Wildman–Crippen LogP) is 3.64. The standard InChI is InChI=1S/C18H17ClFN5O2S/c1-11(17(26)21-16-8-5-13(20)9-15(16)19)28-18-22-23-24-25(18)10-12-3-6-14(27-2)7-4-12/h3-9,11H,10H2,1-2H3,(H,21,26). The van der Waals surface area contributed by atoms with Crippen molar-refractivity contribution in [3.05, 3.63) is 58.9 Å². The molecule has 0 saturated carbocycles. The van der Waals surface area contributed by atoms with Gasteiger partial charge in [-0.1, -0.05) is 35.5 Å². The van der Waals surface area contributed by atoms with Gasteiger partial charge in [-0.2, -0.15) is 0 Å². The van der Waals surface area contributed by atoms with Gasteiger partial charge in [-0.15, -0.1) is 5.10 Å². The highest BCUT2D eigenvalue weighted by molar-refractivity contribution is 8.00. The van der Waals surface area contributed by atoms with E-state index >= 15 is 0 Å². The molecule has 7 nitrogen and oxygen atoms in total. The highest BCUT2D eigenvalue weighted by Gasteiger charge is 2.19. The molecule has 1 amide bonds. The molecule has 3 rings (SSSR count). The van der Waals surface area contributed by atoms with Crippen molar-refractivity contribution >= 4 is 35.0 Å². The van der Waals surface area contributed by atoms with Gasteiger partial charge in [-0.05, 0) is 53.2 Å². The van der Waals surface area contributed by atoms with Crippen molar-refractivity contribution in [1.29, 1.82) is 0 Å². The van der Waals surface area contributed by atoms with Crippen LogP contribution in [0.5, 0.6) is 5.75 Å². The van der Waals surface area contributed by atoms with Gasteiger partial charge in [-0.3, -0.25) is 4.79 Å². The first-order valence-corrected chi connectivity index (χ1v) is 9.53. The average molecular weight is 422 g/mol. The Kier molecular flexibility index (Phi) is 6.48. The number of nitrogens with one attached hydrogen (secondary N) is 1. The van der Waals surface area contributed by atoms with Crippen molar-refractivity contribution in [2.45, 2.75) is 23.9 Å². The number of rotatable bonds is 7. The lowest BCUT2D eigenvalue weighted by Crippen LogP contribution is -2.23. The van der Waals surface area contributed by atoms with Crippen molar-refractivity contribution in [3.63, 3.8) is 0 Å². The molecule has 28 heavy (non-hydrogen) atoms. The second-order valence-electron chi connectivity index (χ2n) is 5.84. The summed E-state index contributed by atoms with van der Waals surface area (Å²) in [4.78, 5) is 12.4. The Morgan fingerprint density at radius 2 is 2.07 bits per heavy atom. The zero-order valence-corrected chi connectivity index (χ0v) is 16.7. The summed E-state index contributed by atoms with van der Waals surface area (Å²) in [6.07, 6.45) is 0. The molecule has 0 saturated heterocycles. The molecule has 1 heterocycles. The molecule has 0 aliphatic carbocycles. The van der Waals surface area contributed by atoms with E-state index in [1.807, 2.05) is 24.3 Å². The van der Waals surface area contributed by atoms with Crippen LogP contribution in [0.4, 0.5) is 10.1 Å². The number of aromatic nitrogens is 4. The molecule has 2 aromatic carbocycles. The number of nitrogens with zero attached hydrogens (tertiary/aromatic N) is 4. The van der Waals surface area contributed by atoms with E-state index in [0.717, 1.165) is 17.4 Å². The highest BCUT2D eigenvalue weighted by Crippen LogP contribution is 2.26. The minimum atomic E-state index is -0.498. The van der Waals surface area contributed by atoms with Gasteiger partial charge < -0.3 is 10.1 Å². The van der Waals surface area contributed by atoms with Crippen LogP contribution in [0.1, 0.15) is 12.5 Å². The van der Waals surface area contributed by atoms with Crippen LogP contribution in [0.15, 0.2) is 47.6 Å². The van der Waals surface area contributed by atoms with Crippen LogP contribution in [0.3, 0.4) is 0 Å². The number of anilines is 1. The third kappa shape index (κ3) is 4.99. The molecule has 0 aliphatic rings. The number of thioether (sulfide) groups is 1. The Balaban J connectivity index is 1.64. The number of amides is 1. The van der Waals surface area contributed by atoms with E-state index in [9.17, 15) is 9.18 Å². The van der Waals surface area contributed by atoms with Gasteiger partial charge in [-0.25, -0.2) is 9.07 Å². The fourth-order valence-electron chi connectivity index (χ4n) is 2.32. The number of benzene rings is 2. The number of carbonyl (C=O) groups is 1. The average Bonchev–Trinajstić information content (AvgIpc) is 3.11. The van der Waals surface area contributed by atoms with Gasteiger partial charge in [0, 0.05) is 0 Å². The highest BCUT2D eigenvalue weighted by atomic mass is 35.5. The summed E-state index contributed by atoms with van der Waals surface area (Å²) in [6.45, 7) is 2.18. The van der Waals surface area contributed by atoms with E-state index in [0.29, 0.717) is 17.4 Å². The minimum absolute atomic E-state index is 0.134. The Morgan fingerprint density at radius 1 is 1.32 bits per heavy atom. The van der Waals surface area contributed by atoms with Gasteiger partial charge >= 0.3 is 0 Å². The van der Waals surface area contributed by atoms with Crippen molar-refractivity contribution < 1.29 is 13.9 Å². The smallest absolute Gasteiger partial charge is 0.237 e. The first-order valence-electron chi connectivity index (χ1n) is 8.28. The van der Waals surface area contributed by atoms with Crippen molar-refractivity contribution in [2.24, 2.45) is 0 Å². The summed E-state index contributed by atoms with van der Waals surface area (Å²) in [6, 6.07) is 11.3. The number of halogens is 2. The maximum Gasteiger partial charge on any atom is 0.237 e. The summed E-state index contributed by atoms with van der Waals surface area (Å²) >= 11 is 7.16. The molecule has 0 bridgehead atoms. The first kappa shape index (κ1) is 20.1. The molecule has 0 spiro atoms. The Morgan fingerprint density at radius 3 is 2.75 bits per heavy atom. The lowest BCUT2D eigenvalue weighted by molar-refractivity contribution is -0.115. The summed E-state index contributed by atoms with van der Waals surface area (Å²) in [5, 5.41) is 14.5. The quantitative estimate of drug-likeness (QED) is 0.586. The zero-order chi connectivity index (χ0) is 20.1. The molecule has 146 valence electrons. The maximum atomic E-state index is 13.1. The lowest BCUT2D eigenvalue weighted by Gasteiger charge is -2.13. The molecule has 1 atom stereocenters. The number of hydrogen-bond donors (Lipinski definition) is 1. The zero-order valence-electron chi connectivity index (χ0n) is 15.1. The van der Waals surface area contributed by atoms with E-state index in [1.165, 1.54) is 23.9 Å². The molecule has 0 radical (unpaired) electrons. The van der Waals surface area contributed by atoms with Crippen LogP contribution >= 0.6 is 23.4 Å². The fourth-order valence-corrected chi connectivity index (χ4v) is 3.32. The molecule has 10 heteroatoms. The maximum absolute atomic E-state index is 13.1. The largest absolute Gasteiger partial charge is 0.497 e. The molecular formula is C18H17ClFN5O2S. The van der Waals surface area contributed by atoms with Crippen LogP contribution in [0.2, 0.25) is 5.02 Å². The minimum Gasteiger partial charge on any atom is -0.497 e. The fraction of sp³-hybridized carbons (Fsp3) is 0.222. The van der Waals surface area contributed by atoms with Crippen molar-refractivity contribution in [2.75, 3.05) is 12.4 Å². The third-order valence-electron chi connectivity index (χ3n) is 3.83. The number of hydrogen-bond acceptors (Lipinski definition) is 6. The third-order valence-corrected chi connectivity index (χ3v) is 5.21. The summed E-state index contributed by atoms with van der Waals surface area (Å²) in [7, 11) is 1.61. The molecule has 1 aromatic heterocycles. The predicted molar refractivity (Wildman–Crippen MR) is 105 cm³/mol. The summed E-state index contributed by atoms with van der Waals surface area (Å²) < 4.78 is 19.9. The number of methoxy groups -OCH3 is 1. The normalized spacial score (nSPS) is 11.9. The van der Waals surface area contributed by atoms with Gasteiger partial charge in [0.2, 0.25) is 11.1 Å². The number of tetrazole rings is 1. The van der Waals surface area contributed by atoms with Gasteiger partial charge in [0.05, 0.1) is 29.6 Å². The Bertz CT molecular complexity index is 967. The van der Waals surface area contributed by atoms with Crippen LogP contribution in [-0.4, -0.2) is 38.5 Å². The summed E-state index contributed by atoms with van der Waals surface area (Å²) in [5.41, 5.74) is 1.34. The van der Waals surface area contributed by atoms with Crippen LogP contribution in [-0.2, 0) is 11.3 Å². The Hall–Kier alpha value is -2.65. The first-order chi connectivity index (χ1) is 13.5. The summed E-state index contributed by atoms with van der Waals surface area (Å²) in [5.74, 6) is 0.000414. The van der Waals surface area contributed by atoms with Crippen LogP contribution in [0.25, 0.3) is 0 Å². The van der Waals surface area contributed by atoms with Gasteiger partial charge in [0.25, 0.3) is 0 Å². The second kappa shape index (κ2) is 9.03. The van der Waals surface area contributed by atoms with E-state index in [1.54, 1.807) is 18.7 Å². The van der Waals surface area contributed by atoms with E-state index < -0.39 is 11.1 Å². The molecular weight excluding hydrogens is 405 g/mol. The molecule has 1 unspecified atom stereocenters. The topological polar surface area (TPSA) is 81.9 Å². The van der Waals surface area contributed by atoms with Crippen LogP contribution in [0, 0.1) is 5.82 Å². The van der Waals surface area contributed by atoms with Crippen LogP contribution < -0.4 is 10.1 Å². The van der Waals surface area contributed by atoms with Crippen molar-refractivity contribution in [3.8, 4) is 5.75 Å². The molecule has 0 fully saturated rings. The molecule has 1 N–H and O–H groups in total. The molecule has 3 aromatic rings. The van der Waals surface area contributed by atoms with E-state index in [4.69, 9.17) is 16.3 Å². The monoisotopic (exact) mass is 421 g/mol. The van der Waals surface area contributed by atoms with E-state index in [2.05, 4.69) is 20.8 Å².